The lowest BCUT2D eigenvalue weighted by Gasteiger charge is -2.24. The number of rotatable bonds is 4. The van der Waals surface area contributed by atoms with E-state index < -0.39 is 18.7 Å². The predicted molar refractivity (Wildman–Crippen MR) is 74.4 cm³/mol. The maximum atomic E-state index is 12.2. The molecule has 0 aromatic carbocycles. The van der Waals surface area contributed by atoms with Gasteiger partial charge in [-0.2, -0.15) is 13.2 Å². The van der Waals surface area contributed by atoms with Crippen molar-refractivity contribution in [3.8, 4) is 0 Å². The van der Waals surface area contributed by atoms with Crippen molar-refractivity contribution in [1.29, 1.82) is 0 Å². The van der Waals surface area contributed by atoms with Gasteiger partial charge in [0, 0.05) is 32.4 Å². The van der Waals surface area contributed by atoms with Gasteiger partial charge in [-0.3, -0.25) is 9.69 Å². The van der Waals surface area contributed by atoms with Crippen LogP contribution in [-0.2, 0) is 0 Å². The van der Waals surface area contributed by atoms with Gasteiger partial charge < -0.3 is 15.0 Å². The number of alkyl halides is 3. The third kappa shape index (κ3) is 5.03. The molecule has 8 heteroatoms. The van der Waals surface area contributed by atoms with E-state index in [-0.39, 0.29) is 12.5 Å². The first-order chi connectivity index (χ1) is 10.3. The number of halogens is 3. The van der Waals surface area contributed by atoms with Crippen LogP contribution in [0.5, 0.6) is 0 Å². The number of aliphatic hydroxyl groups excluding tert-OH is 1. The van der Waals surface area contributed by atoms with Crippen molar-refractivity contribution in [2.75, 3.05) is 32.7 Å². The number of aromatic nitrogens is 1. The van der Waals surface area contributed by atoms with E-state index in [0.29, 0.717) is 38.3 Å². The fourth-order valence-electron chi connectivity index (χ4n) is 2.62. The van der Waals surface area contributed by atoms with E-state index in [1.165, 1.54) is 0 Å². The molecule has 2 rings (SSSR count). The van der Waals surface area contributed by atoms with Gasteiger partial charge in [0.15, 0.2) is 0 Å². The zero-order chi connectivity index (χ0) is 16.2. The first-order valence-corrected chi connectivity index (χ1v) is 7.25. The van der Waals surface area contributed by atoms with E-state index in [4.69, 9.17) is 0 Å². The molecule has 1 aromatic heterocycles. The minimum absolute atomic E-state index is 0.0238. The van der Waals surface area contributed by atoms with Crippen molar-refractivity contribution in [2.24, 2.45) is 0 Å². The van der Waals surface area contributed by atoms with E-state index in [2.05, 4.69) is 4.98 Å². The summed E-state index contributed by atoms with van der Waals surface area (Å²) in [5.74, 6) is -0.109. The average molecular weight is 319 g/mol. The lowest BCUT2D eigenvalue weighted by atomic mass is 10.2. The summed E-state index contributed by atoms with van der Waals surface area (Å²) in [5.41, 5.74) is 0.505. The molecule has 0 saturated carbocycles. The molecule has 0 spiro atoms. The second-order valence-electron chi connectivity index (χ2n) is 5.50. The fourth-order valence-corrected chi connectivity index (χ4v) is 2.62. The van der Waals surface area contributed by atoms with E-state index in [1.54, 1.807) is 28.1 Å². The standard InChI is InChI=1S/C14H20F3N3O2/c15-14(16,17)9-11(21)10-19-5-2-6-20(8-7-19)13(22)12-3-1-4-18-12/h1,3-4,11,18,21H,2,5-10H2. The van der Waals surface area contributed by atoms with Crippen LogP contribution >= 0.6 is 0 Å². The van der Waals surface area contributed by atoms with E-state index in [9.17, 15) is 23.1 Å². The van der Waals surface area contributed by atoms with Gasteiger partial charge in [-0.25, -0.2) is 0 Å². The maximum absolute atomic E-state index is 12.2. The summed E-state index contributed by atoms with van der Waals surface area (Å²) < 4.78 is 36.7. The molecule has 22 heavy (non-hydrogen) atoms. The highest BCUT2D eigenvalue weighted by Crippen LogP contribution is 2.22. The summed E-state index contributed by atoms with van der Waals surface area (Å²) in [5, 5.41) is 9.51. The highest BCUT2D eigenvalue weighted by molar-refractivity contribution is 5.92. The smallest absolute Gasteiger partial charge is 0.391 e. The van der Waals surface area contributed by atoms with Crippen molar-refractivity contribution in [1.82, 2.24) is 14.8 Å². The number of amides is 1. The van der Waals surface area contributed by atoms with Crippen LogP contribution in [0, 0.1) is 0 Å². The van der Waals surface area contributed by atoms with Crippen molar-refractivity contribution in [3.63, 3.8) is 0 Å². The number of aliphatic hydroxyl groups is 1. The Morgan fingerprint density at radius 1 is 1.32 bits per heavy atom. The lowest BCUT2D eigenvalue weighted by Crippen LogP contribution is -2.38. The van der Waals surface area contributed by atoms with Crippen LogP contribution < -0.4 is 0 Å². The Balaban J connectivity index is 1.83. The normalized spacial score (nSPS) is 19.0. The van der Waals surface area contributed by atoms with Crippen molar-refractivity contribution in [3.05, 3.63) is 24.0 Å². The van der Waals surface area contributed by atoms with E-state index in [1.807, 2.05) is 0 Å². The molecule has 0 radical (unpaired) electrons. The summed E-state index contributed by atoms with van der Waals surface area (Å²) in [6.07, 6.45) is -4.64. The molecule has 1 saturated heterocycles. The van der Waals surface area contributed by atoms with Crippen molar-refractivity contribution in [2.45, 2.75) is 25.1 Å². The summed E-state index contributed by atoms with van der Waals surface area (Å²) in [6.45, 7) is 2.01. The summed E-state index contributed by atoms with van der Waals surface area (Å²) in [4.78, 5) is 18.5. The molecule has 2 N–H and O–H groups in total. The SMILES string of the molecule is O=C(c1ccc[nH]1)N1CCCN(CC(O)CC(F)(F)F)CC1. The number of hydrogen-bond acceptors (Lipinski definition) is 3. The second-order valence-corrected chi connectivity index (χ2v) is 5.50. The van der Waals surface area contributed by atoms with E-state index in [0.717, 1.165) is 0 Å². The van der Waals surface area contributed by atoms with Crippen LogP contribution in [0.3, 0.4) is 0 Å². The van der Waals surface area contributed by atoms with Crippen LogP contribution in [0.25, 0.3) is 0 Å². The zero-order valence-electron chi connectivity index (χ0n) is 12.1. The summed E-state index contributed by atoms with van der Waals surface area (Å²) >= 11 is 0. The Bertz CT molecular complexity index is 476. The third-order valence-corrected chi connectivity index (χ3v) is 3.64. The lowest BCUT2D eigenvalue weighted by molar-refractivity contribution is -0.155. The van der Waals surface area contributed by atoms with Crippen molar-refractivity contribution < 1.29 is 23.1 Å². The Morgan fingerprint density at radius 3 is 2.73 bits per heavy atom. The Labute approximate surface area is 126 Å². The first-order valence-electron chi connectivity index (χ1n) is 7.25. The fraction of sp³-hybridized carbons (Fsp3) is 0.643. The monoisotopic (exact) mass is 319 g/mol. The molecular weight excluding hydrogens is 299 g/mol. The zero-order valence-corrected chi connectivity index (χ0v) is 12.1. The molecule has 1 aromatic rings. The molecule has 1 aliphatic rings. The molecule has 1 atom stereocenters. The number of hydrogen-bond donors (Lipinski definition) is 2. The quantitative estimate of drug-likeness (QED) is 0.884. The topological polar surface area (TPSA) is 59.6 Å². The number of β-amino-alcohol motifs (C(OH)–C–C–N with tert-alkyl or cyclic N) is 1. The molecule has 1 unspecified atom stereocenters. The minimum atomic E-state index is -4.36. The molecule has 1 aliphatic heterocycles. The summed E-state index contributed by atoms with van der Waals surface area (Å²) in [6, 6.07) is 3.43. The molecule has 2 heterocycles. The second kappa shape index (κ2) is 7.15. The van der Waals surface area contributed by atoms with Gasteiger partial charge in [-0.05, 0) is 25.1 Å². The third-order valence-electron chi connectivity index (χ3n) is 3.64. The van der Waals surface area contributed by atoms with Gasteiger partial charge in [0.25, 0.3) is 5.91 Å². The molecule has 5 nitrogen and oxygen atoms in total. The number of carbonyl (C=O) groups excluding carboxylic acids is 1. The Morgan fingerprint density at radius 2 is 2.09 bits per heavy atom. The van der Waals surface area contributed by atoms with Gasteiger partial charge in [0.05, 0.1) is 12.5 Å². The maximum Gasteiger partial charge on any atom is 0.391 e. The van der Waals surface area contributed by atoms with Gasteiger partial charge in [0.2, 0.25) is 0 Å². The predicted octanol–water partition coefficient (Wildman–Crippen LogP) is 1.48. The van der Waals surface area contributed by atoms with Gasteiger partial charge in [0.1, 0.15) is 5.69 Å². The number of nitrogens with zero attached hydrogens (tertiary/aromatic N) is 2. The highest BCUT2D eigenvalue weighted by Gasteiger charge is 2.32. The average Bonchev–Trinajstić information content (AvgIpc) is 2.84. The van der Waals surface area contributed by atoms with Gasteiger partial charge >= 0.3 is 6.18 Å². The molecule has 124 valence electrons. The summed E-state index contributed by atoms with van der Waals surface area (Å²) in [7, 11) is 0. The number of nitrogens with one attached hydrogen (secondary N) is 1. The van der Waals surface area contributed by atoms with Crippen molar-refractivity contribution >= 4 is 5.91 Å². The minimum Gasteiger partial charge on any atom is -0.391 e. The Hall–Kier alpha value is -1.54. The molecular formula is C14H20F3N3O2. The van der Waals surface area contributed by atoms with Crippen LogP contribution in [0.2, 0.25) is 0 Å². The number of H-pyrrole nitrogens is 1. The van der Waals surface area contributed by atoms with Crippen LogP contribution in [0.4, 0.5) is 13.2 Å². The van der Waals surface area contributed by atoms with Gasteiger partial charge in [-0.1, -0.05) is 0 Å². The van der Waals surface area contributed by atoms with Crippen LogP contribution in [0.15, 0.2) is 18.3 Å². The van der Waals surface area contributed by atoms with Crippen LogP contribution in [-0.4, -0.2) is 70.8 Å². The largest absolute Gasteiger partial charge is 0.391 e. The molecule has 1 fully saturated rings. The first kappa shape index (κ1) is 16.8. The van der Waals surface area contributed by atoms with Crippen LogP contribution in [0.1, 0.15) is 23.3 Å². The molecule has 1 amide bonds. The van der Waals surface area contributed by atoms with Gasteiger partial charge in [-0.15, -0.1) is 0 Å². The van der Waals surface area contributed by atoms with E-state index >= 15 is 0 Å². The number of aromatic amines is 1. The molecule has 0 aliphatic carbocycles. The highest BCUT2D eigenvalue weighted by atomic mass is 19.4. The Kier molecular flexibility index (Phi) is 5.47. The number of carbonyl (C=O) groups is 1. The molecule has 0 bridgehead atoms.